The molecule has 2 atom stereocenters. The Morgan fingerprint density at radius 1 is 1.11 bits per heavy atom. The molecule has 6 nitrogen and oxygen atoms in total. The smallest absolute Gasteiger partial charge is 0.254 e. The van der Waals surface area contributed by atoms with Crippen molar-refractivity contribution in [3.05, 3.63) is 29.8 Å². The number of hydrogen-bond acceptors (Lipinski definition) is 4. The predicted molar refractivity (Wildman–Crippen MR) is 109 cm³/mol. The molecule has 2 fully saturated rings. The number of carbonyl (C=O) groups is 1. The van der Waals surface area contributed by atoms with Crippen LogP contribution in [0.5, 0.6) is 0 Å². The molecule has 0 spiro atoms. The van der Waals surface area contributed by atoms with Crippen molar-refractivity contribution >= 4 is 28.3 Å². The number of piperidine rings is 2. The van der Waals surface area contributed by atoms with E-state index in [4.69, 9.17) is 5.73 Å². The van der Waals surface area contributed by atoms with E-state index in [0.29, 0.717) is 25.2 Å². The summed E-state index contributed by atoms with van der Waals surface area (Å²) in [5, 5.41) is 0. The van der Waals surface area contributed by atoms with Gasteiger partial charge in [0.1, 0.15) is 0 Å². The lowest BCUT2D eigenvalue weighted by molar-refractivity contribution is 0.0583. The summed E-state index contributed by atoms with van der Waals surface area (Å²) in [6.07, 6.45) is 5.77. The largest absolute Gasteiger partial charge is 0.334 e. The quantitative estimate of drug-likeness (QED) is 0.819. The lowest BCUT2D eigenvalue weighted by Gasteiger charge is -2.38. The van der Waals surface area contributed by atoms with Crippen LogP contribution in [0.25, 0.3) is 0 Å². The molecular weight excluding hydrogens is 386 g/mol. The lowest BCUT2D eigenvalue weighted by Crippen LogP contribution is -2.51. The van der Waals surface area contributed by atoms with Crippen molar-refractivity contribution in [3.8, 4) is 0 Å². The van der Waals surface area contributed by atoms with E-state index in [2.05, 4.69) is 0 Å². The number of nitrogens with zero attached hydrogens (tertiary/aromatic N) is 2. The number of halogens is 1. The van der Waals surface area contributed by atoms with Crippen molar-refractivity contribution in [1.82, 2.24) is 9.21 Å². The monoisotopic (exact) mass is 415 g/mol. The molecule has 2 unspecified atom stereocenters. The molecule has 1 aromatic rings. The highest BCUT2D eigenvalue weighted by Crippen LogP contribution is 2.24. The average molecular weight is 416 g/mol. The Labute approximate surface area is 168 Å². The fourth-order valence-electron chi connectivity index (χ4n) is 3.97. The number of rotatable bonds is 4. The Hall–Kier alpha value is -1.15. The number of sulfonamides is 1. The molecule has 8 heteroatoms. The molecule has 0 aliphatic carbocycles. The maximum atomic E-state index is 13.0. The van der Waals surface area contributed by atoms with Crippen LogP contribution in [0.4, 0.5) is 0 Å². The first kappa shape index (κ1) is 22.1. The molecular formula is C19H30ClN3O3S. The van der Waals surface area contributed by atoms with Crippen molar-refractivity contribution in [2.75, 3.05) is 19.6 Å². The summed E-state index contributed by atoms with van der Waals surface area (Å²) < 4.78 is 27.3. The van der Waals surface area contributed by atoms with Gasteiger partial charge in [-0.15, -0.1) is 12.4 Å². The SMILES string of the molecule is CC(N)C1CCCCN1C(=O)c1cccc(S(=O)(=O)N2CCCCC2)c1.Cl. The second-order valence-electron chi connectivity index (χ2n) is 7.41. The van der Waals surface area contributed by atoms with Crippen LogP contribution in [-0.4, -0.2) is 55.2 Å². The van der Waals surface area contributed by atoms with Crippen molar-refractivity contribution in [2.45, 2.75) is 62.4 Å². The molecule has 152 valence electrons. The maximum absolute atomic E-state index is 13.0. The lowest BCUT2D eigenvalue weighted by atomic mass is 9.96. The molecule has 27 heavy (non-hydrogen) atoms. The predicted octanol–water partition coefficient (Wildman–Crippen LogP) is 2.62. The molecule has 2 N–H and O–H groups in total. The number of nitrogens with two attached hydrogens (primary N) is 1. The molecule has 2 aliphatic heterocycles. The second-order valence-corrected chi connectivity index (χ2v) is 9.35. The minimum Gasteiger partial charge on any atom is -0.334 e. The van der Waals surface area contributed by atoms with Crippen LogP contribution in [0.1, 0.15) is 55.8 Å². The summed E-state index contributed by atoms with van der Waals surface area (Å²) in [4.78, 5) is 15.1. The zero-order valence-corrected chi connectivity index (χ0v) is 17.5. The minimum atomic E-state index is -3.54. The molecule has 2 saturated heterocycles. The van der Waals surface area contributed by atoms with Crippen molar-refractivity contribution < 1.29 is 13.2 Å². The maximum Gasteiger partial charge on any atom is 0.254 e. The normalized spacial score (nSPS) is 22.7. The first-order valence-corrected chi connectivity index (χ1v) is 11.0. The molecule has 1 aromatic carbocycles. The van der Waals surface area contributed by atoms with Crippen molar-refractivity contribution in [2.24, 2.45) is 5.73 Å². The van der Waals surface area contributed by atoms with E-state index in [-0.39, 0.29) is 35.3 Å². The standard InChI is InChI=1S/C19H29N3O3S.ClH/c1-15(20)18-10-3-6-13-22(18)19(23)16-8-7-9-17(14-16)26(24,25)21-11-4-2-5-12-21;/h7-9,14-15,18H,2-6,10-13,20H2,1H3;1H. The van der Waals surface area contributed by atoms with Crippen LogP contribution >= 0.6 is 12.4 Å². The zero-order chi connectivity index (χ0) is 18.7. The van der Waals surface area contributed by atoms with E-state index in [1.807, 2.05) is 11.8 Å². The average Bonchev–Trinajstić information content (AvgIpc) is 2.68. The van der Waals surface area contributed by atoms with Gasteiger partial charge in [0.15, 0.2) is 0 Å². The Morgan fingerprint density at radius 2 is 1.78 bits per heavy atom. The molecule has 0 aromatic heterocycles. The van der Waals surface area contributed by atoms with E-state index >= 15 is 0 Å². The van der Waals surface area contributed by atoms with Gasteiger partial charge in [-0.05, 0) is 57.2 Å². The highest BCUT2D eigenvalue weighted by molar-refractivity contribution is 7.89. The summed E-state index contributed by atoms with van der Waals surface area (Å²) in [6, 6.07) is 6.39. The van der Waals surface area contributed by atoms with Gasteiger partial charge >= 0.3 is 0 Å². The van der Waals surface area contributed by atoms with Crippen LogP contribution < -0.4 is 5.73 Å². The van der Waals surface area contributed by atoms with E-state index in [0.717, 1.165) is 38.5 Å². The molecule has 0 bridgehead atoms. The second kappa shape index (κ2) is 9.37. The molecule has 1 amide bonds. The summed E-state index contributed by atoms with van der Waals surface area (Å²) >= 11 is 0. The molecule has 2 aliphatic rings. The fourth-order valence-corrected chi connectivity index (χ4v) is 5.53. The van der Waals surface area contributed by atoms with Crippen molar-refractivity contribution in [1.29, 1.82) is 0 Å². The van der Waals surface area contributed by atoms with Crippen LogP contribution in [-0.2, 0) is 10.0 Å². The first-order valence-electron chi connectivity index (χ1n) is 9.58. The molecule has 0 saturated carbocycles. The van der Waals surface area contributed by atoms with Gasteiger partial charge in [-0.25, -0.2) is 8.42 Å². The number of amides is 1. The molecule has 3 rings (SSSR count). The van der Waals surface area contributed by atoms with Crippen LogP contribution in [0, 0.1) is 0 Å². The third-order valence-electron chi connectivity index (χ3n) is 5.45. The summed E-state index contributed by atoms with van der Waals surface area (Å²) in [6.45, 7) is 3.71. The summed E-state index contributed by atoms with van der Waals surface area (Å²) in [5.74, 6) is -0.123. The number of benzene rings is 1. The topological polar surface area (TPSA) is 83.7 Å². The van der Waals surface area contributed by atoms with Gasteiger partial charge in [-0.2, -0.15) is 4.31 Å². The fraction of sp³-hybridized carbons (Fsp3) is 0.632. The number of likely N-dealkylation sites (tertiary alicyclic amines) is 1. The Morgan fingerprint density at radius 3 is 2.44 bits per heavy atom. The van der Waals surface area contributed by atoms with E-state index < -0.39 is 10.0 Å². The summed E-state index contributed by atoms with van der Waals surface area (Å²) in [7, 11) is -3.54. The van der Waals surface area contributed by atoms with Crippen molar-refractivity contribution in [3.63, 3.8) is 0 Å². The van der Waals surface area contributed by atoms with Gasteiger partial charge in [-0.3, -0.25) is 4.79 Å². The Balaban J connectivity index is 0.00000261. The zero-order valence-electron chi connectivity index (χ0n) is 15.8. The minimum absolute atomic E-state index is 0. The van der Waals surface area contributed by atoms with Gasteiger partial charge in [0, 0.05) is 37.3 Å². The Kier molecular flexibility index (Phi) is 7.68. The number of carbonyl (C=O) groups excluding carboxylic acids is 1. The van der Waals surface area contributed by atoms with Crippen LogP contribution in [0.3, 0.4) is 0 Å². The molecule has 2 heterocycles. The third kappa shape index (κ3) is 4.83. The summed E-state index contributed by atoms with van der Waals surface area (Å²) in [5.41, 5.74) is 6.50. The molecule has 0 radical (unpaired) electrons. The third-order valence-corrected chi connectivity index (χ3v) is 7.35. The first-order chi connectivity index (χ1) is 12.4. The van der Waals surface area contributed by atoms with Crippen LogP contribution in [0.15, 0.2) is 29.2 Å². The van der Waals surface area contributed by atoms with Gasteiger partial charge in [0.2, 0.25) is 10.0 Å². The van der Waals surface area contributed by atoms with Gasteiger partial charge in [-0.1, -0.05) is 12.5 Å². The van der Waals surface area contributed by atoms with E-state index in [1.165, 1.54) is 10.4 Å². The van der Waals surface area contributed by atoms with Crippen LogP contribution in [0.2, 0.25) is 0 Å². The van der Waals surface area contributed by atoms with Gasteiger partial charge in [0.25, 0.3) is 5.91 Å². The van der Waals surface area contributed by atoms with Gasteiger partial charge in [0.05, 0.1) is 4.90 Å². The van der Waals surface area contributed by atoms with Gasteiger partial charge < -0.3 is 10.6 Å². The highest BCUT2D eigenvalue weighted by atomic mass is 35.5. The highest BCUT2D eigenvalue weighted by Gasteiger charge is 2.31. The Bertz CT molecular complexity index is 748. The van der Waals surface area contributed by atoms with E-state index in [1.54, 1.807) is 18.2 Å². The van der Waals surface area contributed by atoms with E-state index in [9.17, 15) is 13.2 Å². The number of hydrogen-bond donors (Lipinski definition) is 1.